The minimum Gasteiger partial charge on any atom is -0.361 e. The predicted octanol–water partition coefficient (Wildman–Crippen LogP) is 7.31. The number of anilines is 1. The van der Waals surface area contributed by atoms with Crippen LogP contribution in [0.2, 0.25) is 0 Å². The number of hydrogen-bond donors (Lipinski definition) is 2. The number of nitrogens with one attached hydrogen (secondary N) is 2. The highest BCUT2D eigenvalue weighted by atomic mass is 19.1. The molecule has 0 aromatic heterocycles. The minimum atomic E-state index is -0.452. The van der Waals surface area contributed by atoms with E-state index >= 15 is 0 Å². The molecule has 2 unspecified atom stereocenters. The molecule has 5 nitrogen and oxygen atoms in total. The molecule has 0 saturated carbocycles. The summed E-state index contributed by atoms with van der Waals surface area (Å²) in [6, 6.07) is 40.8. The molecule has 1 aliphatic heterocycles. The first-order chi connectivity index (χ1) is 20.5. The number of halogens is 1. The summed E-state index contributed by atoms with van der Waals surface area (Å²) in [5, 5.41) is 6.71. The van der Waals surface area contributed by atoms with Gasteiger partial charge >= 0.3 is 0 Å². The van der Waals surface area contributed by atoms with Crippen LogP contribution >= 0.6 is 0 Å². The van der Waals surface area contributed by atoms with Gasteiger partial charge in [-0.1, -0.05) is 97.1 Å². The summed E-state index contributed by atoms with van der Waals surface area (Å²) in [7, 11) is 0. The topological polar surface area (TPSA) is 61.4 Å². The van der Waals surface area contributed by atoms with Gasteiger partial charge in [-0.3, -0.25) is 9.59 Å². The van der Waals surface area contributed by atoms with Gasteiger partial charge in [-0.05, 0) is 59.5 Å². The normalized spacial score (nSPS) is 14.7. The van der Waals surface area contributed by atoms with E-state index < -0.39 is 6.17 Å². The van der Waals surface area contributed by atoms with Gasteiger partial charge in [-0.15, -0.1) is 0 Å². The third kappa shape index (κ3) is 5.93. The molecule has 5 aromatic carbocycles. The number of carbonyl (C=O) groups excluding carboxylic acids is 2. The Hall–Kier alpha value is -5.23. The average Bonchev–Trinajstić information content (AvgIpc) is 3.29. The Morgan fingerprint density at radius 1 is 0.762 bits per heavy atom. The summed E-state index contributed by atoms with van der Waals surface area (Å²) >= 11 is 0. The van der Waals surface area contributed by atoms with E-state index in [9.17, 15) is 14.0 Å². The largest absolute Gasteiger partial charge is 0.361 e. The van der Waals surface area contributed by atoms with Gasteiger partial charge in [-0.25, -0.2) is 4.39 Å². The van der Waals surface area contributed by atoms with Crippen LogP contribution in [0.15, 0.2) is 133 Å². The van der Waals surface area contributed by atoms with E-state index in [-0.39, 0.29) is 23.7 Å². The van der Waals surface area contributed by atoms with Crippen molar-refractivity contribution in [2.45, 2.75) is 25.2 Å². The molecule has 42 heavy (non-hydrogen) atoms. The zero-order valence-electron chi connectivity index (χ0n) is 22.9. The van der Waals surface area contributed by atoms with Gasteiger partial charge < -0.3 is 15.5 Å². The molecule has 2 amide bonds. The summed E-state index contributed by atoms with van der Waals surface area (Å²) in [6.07, 6.45) is 0.209. The lowest BCUT2D eigenvalue weighted by Gasteiger charge is -2.27. The second-order valence-electron chi connectivity index (χ2n) is 10.4. The molecule has 0 bridgehead atoms. The maximum absolute atomic E-state index is 13.6. The highest BCUT2D eigenvalue weighted by Crippen LogP contribution is 2.35. The molecule has 2 N–H and O–H groups in total. The van der Waals surface area contributed by atoms with Gasteiger partial charge in [0.15, 0.2) is 0 Å². The molecule has 0 saturated heterocycles. The summed E-state index contributed by atoms with van der Waals surface area (Å²) < 4.78 is 13.5. The second kappa shape index (κ2) is 12.1. The smallest absolute Gasteiger partial charge is 0.256 e. The van der Waals surface area contributed by atoms with Crippen molar-refractivity contribution in [2.75, 3.05) is 5.32 Å². The number of benzene rings is 5. The van der Waals surface area contributed by atoms with E-state index in [1.807, 2.05) is 84.9 Å². The van der Waals surface area contributed by atoms with Crippen molar-refractivity contribution in [3.05, 3.63) is 173 Å². The molecular formula is C36H30FN3O2. The lowest BCUT2D eigenvalue weighted by Crippen LogP contribution is -2.32. The number of fused-ring (bicyclic) bond motifs is 1. The van der Waals surface area contributed by atoms with E-state index in [1.54, 1.807) is 29.2 Å². The molecule has 0 aliphatic carbocycles. The lowest BCUT2D eigenvalue weighted by atomic mass is 9.98. The van der Waals surface area contributed by atoms with E-state index in [0.717, 1.165) is 22.3 Å². The first-order valence-electron chi connectivity index (χ1n) is 14.0. The van der Waals surface area contributed by atoms with E-state index in [0.29, 0.717) is 29.8 Å². The van der Waals surface area contributed by atoms with Crippen LogP contribution in [0.1, 0.15) is 55.2 Å². The van der Waals surface area contributed by atoms with Crippen LogP contribution in [0.5, 0.6) is 0 Å². The van der Waals surface area contributed by atoms with Crippen molar-refractivity contribution in [1.29, 1.82) is 0 Å². The highest BCUT2D eigenvalue weighted by molar-refractivity contribution is 5.99. The molecule has 208 valence electrons. The summed E-state index contributed by atoms with van der Waals surface area (Å²) in [6.45, 7) is 0.309. The van der Waals surface area contributed by atoms with Crippen molar-refractivity contribution < 1.29 is 14.0 Å². The quantitative estimate of drug-likeness (QED) is 0.201. The number of rotatable bonds is 9. The van der Waals surface area contributed by atoms with Crippen molar-refractivity contribution in [3.8, 4) is 0 Å². The number of hydrogen-bond acceptors (Lipinski definition) is 3. The van der Waals surface area contributed by atoms with Gasteiger partial charge in [-0.2, -0.15) is 0 Å². The number of nitrogens with zero attached hydrogens (tertiary/aromatic N) is 1. The molecule has 0 fully saturated rings. The van der Waals surface area contributed by atoms with Gasteiger partial charge in [0.1, 0.15) is 12.0 Å². The molecule has 6 heteroatoms. The monoisotopic (exact) mass is 555 g/mol. The molecule has 0 radical (unpaired) electrons. The minimum absolute atomic E-state index is 0.104. The fourth-order valence-electron chi connectivity index (χ4n) is 5.41. The van der Waals surface area contributed by atoms with Crippen molar-refractivity contribution in [2.24, 2.45) is 0 Å². The van der Waals surface area contributed by atoms with Crippen LogP contribution in [0.25, 0.3) is 0 Å². The van der Waals surface area contributed by atoms with Crippen LogP contribution < -0.4 is 10.6 Å². The van der Waals surface area contributed by atoms with Crippen LogP contribution in [-0.2, 0) is 13.0 Å². The van der Waals surface area contributed by atoms with E-state index in [1.165, 1.54) is 12.1 Å². The molecular weight excluding hydrogens is 525 g/mol. The zero-order chi connectivity index (χ0) is 28.9. The van der Waals surface area contributed by atoms with Crippen molar-refractivity contribution in [3.63, 3.8) is 0 Å². The van der Waals surface area contributed by atoms with Crippen LogP contribution in [0, 0.1) is 5.82 Å². The standard InChI is InChI=1S/C36H30FN3O2/c37-29-20-18-26(19-21-29)24-40-34(31-16-7-8-17-32(31)36(40)42)38-30-15-9-14-28(23-30)35(41)39-33(27-12-5-2-6-13-27)22-25-10-3-1-4-11-25/h1-21,23,33-34,38H,22,24H2,(H,39,41). The molecule has 1 aliphatic rings. The molecule has 5 aromatic rings. The Labute approximate surface area is 244 Å². The van der Waals surface area contributed by atoms with Crippen molar-refractivity contribution >= 4 is 17.5 Å². The highest BCUT2D eigenvalue weighted by Gasteiger charge is 2.36. The van der Waals surface area contributed by atoms with Crippen molar-refractivity contribution in [1.82, 2.24) is 10.2 Å². The Morgan fingerprint density at radius 2 is 1.45 bits per heavy atom. The van der Waals surface area contributed by atoms with E-state index in [2.05, 4.69) is 22.8 Å². The van der Waals surface area contributed by atoms with Crippen LogP contribution in [0.3, 0.4) is 0 Å². The predicted molar refractivity (Wildman–Crippen MR) is 162 cm³/mol. The molecule has 6 rings (SSSR count). The zero-order valence-corrected chi connectivity index (χ0v) is 22.9. The Kier molecular flexibility index (Phi) is 7.77. The molecule has 1 heterocycles. The molecule has 0 spiro atoms. The lowest BCUT2D eigenvalue weighted by molar-refractivity contribution is 0.0728. The maximum atomic E-state index is 13.6. The second-order valence-corrected chi connectivity index (χ2v) is 10.4. The maximum Gasteiger partial charge on any atom is 0.256 e. The van der Waals surface area contributed by atoms with Gasteiger partial charge in [0.25, 0.3) is 11.8 Å². The average molecular weight is 556 g/mol. The molecule has 2 atom stereocenters. The number of amides is 2. The van der Waals surface area contributed by atoms with Gasteiger partial charge in [0, 0.05) is 28.9 Å². The summed E-state index contributed by atoms with van der Waals surface area (Å²) in [5.41, 5.74) is 5.68. The Bertz CT molecular complexity index is 1690. The number of carbonyl (C=O) groups is 2. The Balaban J connectivity index is 1.24. The summed E-state index contributed by atoms with van der Waals surface area (Å²) in [5.74, 6) is -0.611. The van der Waals surface area contributed by atoms with E-state index in [4.69, 9.17) is 0 Å². The fourth-order valence-corrected chi connectivity index (χ4v) is 5.41. The van der Waals surface area contributed by atoms with Gasteiger partial charge in [0.2, 0.25) is 0 Å². The third-order valence-electron chi connectivity index (χ3n) is 7.54. The Morgan fingerprint density at radius 3 is 2.21 bits per heavy atom. The van der Waals surface area contributed by atoms with Gasteiger partial charge in [0.05, 0.1) is 6.04 Å². The SMILES string of the molecule is O=C(NC(Cc1ccccc1)c1ccccc1)c1cccc(NC2c3ccccc3C(=O)N2Cc2ccc(F)cc2)c1. The first kappa shape index (κ1) is 27.0. The fraction of sp³-hybridized carbons (Fsp3) is 0.111. The third-order valence-corrected chi connectivity index (χ3v) is 7.54. The van der Waals surface area contributed by atoms with Crippen LogP contribution in [-0.4, -0.2) is 16.7 Å². The first-order valence-corrected chi connectivity index (χ1v) is 14.0. The summed E-state index contributed by atoms with van der Waals surface area (Å²) in [4.78, 5) is 28.7. The van der Waals surface area contributed by atoms with Crippen LogP contribution in [0.4, 0.5) is 10.1 Å².